The minimum atomic E-state index is -0.331. The summed E-state index contributed by atoms with van der Waals surface area (Å²) in [5.74, 6) is -0.595. The summed E-state index contributed by atoms with van der Waals surface area (Å²) < 4.78 is 7.89. The predicted molar refractivity (Wildman–Crippen MR) is 105 cm³/mol. The van der Waals surface area contributed by atoms with Gasteiger partial charge in [-0.25, -0.2) is 0 Å². The van der Waals surface area contributed by atoms with Crippen molar-refractivity contribution in [3.63, 3.8) is 0 Å². The molecule has 0 fully saturated rings. The summed E-state index contributed by atoms with van der Waals surface area (Å²) in [6, 6.07) is 13.3. The lowest BCUT2D eigenvalue weighted by Gasteiger charge is -2.08. The molecule has 0 bridgehead atoms. The lowest BCUT2D eigenvalue weighted by Crippen LogP contribution is -2.28. The first-order chi connectivity index (χ1) is 13.1. The van der Waals surface area contributed by atoms with Gasteiger partial charge >= 0.3 is 5.97 Å². The van der Waals surface area contributed by atoms with E-state index in [9.17, 15) is 9.59 Å². The third-order valence-electron chi connectivity index (χ3n) is 3.81. The Morgan fingerprint density at radius 1 is 1.11 bits per heavy atom. The smallest absolute Gasteiger partial charge is 0.310 e. The van der Waals surface area contributed by atoms with Crippen molar-refractivity contribution in [1.29, 1.82) is 0 Å². The lowest BCUT2D eigenvalue weighted by atomic mass is 10.1. The minimum absolute atomic E-state index is 0.119. The molecule has 0 radical (unpaired) electrons. The summed E-state index contributed by atoms with van der Waals surface area (Å²) in [6.07, 6.45) is 7.19. The van der Waals surface area contributed by atoms with Crippen LogP contribution in [0, 0.1) is 0 Å². The molecule has 0 saturated heterocycles. The number of aromatic nitrogens is 2. The number of hydrogen-bond acceptors (Lipinski definition) is 4. The fourth-order valence-electron chi connectivity index (χ4n) is 2.48. The first-order valence-corrected chi connectivity index (χ1v) is 9.18. The minimum Gasteiger partial charge on any atom is -0.464 e. The van der Waals surface area contributed by atoms with Crippen molar-refractivity contribution in [3.05, 3.63) is 82.9 Å². The lowest BCUT2D eigenvalue weighted by molar-refractivity contribution is -0.142. The van der Waals surface area contributed by atoms with Crippen molar-refractivity contribution in [3.8, 4) is 5.69 Å². The third-order valence-corrected chi connectivity index (χ3v) is 4.24. The maximum Gasteiger partial charge on any atom is 0.310 e. The normalized spacial score (nSPS) is 10.4. The molecule has 1 N–H and O–H groups in total. The molecule has 138 valence electrons. The van der Waals surface area contributed by atoms with Crippen LogP contribution in [0.1, 0.15) is 15.9 Å². The third kappa shape index (κ3) is 5.52. The zero-order chi connectivity index (χ0) is 19.1. The molecule has 6 nitrogen and oxygen atoms in total. The molecule has 3 rings (SSSR count). The summed E-state index contributed by atoms with van der Waals surface area (Å²) in [5, 5.41) is 2.69. The summed E-state index contributed by atoms with van der Waals surface area (Å²) in [5.41, 5.74) is 2.35. The van der Waals surface area contributed by atoms with Gasteiger partial charge in [0.1, 0.15) is 6.61 Å². The number of benzene rings is 1. The second-order valence-corrected chi connectivity index (χ2v) is 6.72. The van der Waals surface area contributed by atoms with E-state index in [-0.39, 0.29) is 31.4 Å². The van der Waals surface area contributed by atoms with Crippen LogP contribution in [0.25, 0.3) is 5.69 Å². The number of ether oxygens (including phenoxy) is 1. The van der Waals surface area contributed by atoms with Crippen LogP contribution in [0.15, 0.2) is 71.7 Å². The summed E-state index contributed by atoms with van der Waals surface area (Å²) in [7, 11) is 0. The molecule has 1 aromatic carbocycles. The van der Waals surface area contributed by atoms with Crippen LogP contribution in [0.3, 0.4) is 0 Å². The number of nitrogens with zero attached hydrogens (tertiary/aromatic N) is 2. The maximum atomic E-state index is 11.9. The molecule has 0 atom stereocenters. The Morgan fingerprint density at radius 2 is 1.85 bits per heavy atom. The number of rotatable bonds is 7. The monoisotopic (exact) mass is 427 g/mol. The summed E-state index contributed by atoms with van der Waals surface area (Å²) >= 11 is 3.27. The van der Waals surface area contributed by atoms with E-state index in [4.69, 9.17) is 4.74 Å². The number of nitrogens with one attached hydrogen (secondary N) is 1. The number of esters is 1. The molecule has 0 unspecified atom stereocenters. The predicted octanol–water partition coefficient (Wildman–Crippen LogP) is 3.15. The molecule has 7 heteroatoms. The van der Waals surface area contributed by atoms with Gasteiger partial charge in [-0.2, -0.15) is 0 Å². The topological polar surface area (TPSA) is 73.2 Å². The van der Waals surface area contributed by atoms with Crippen molar-refractivity contribution in [2.24, 2.45) is 0 Å². The van der Waals surface area contributed by atoms with E-state index in [2.05, 4.69) is 26.2 Å². The molecule has 0 aliphatic heterocycles. The average Bonchev–Trinajstić information content (AvgIpc) is 3.20. The number of halogens is 1. The Kier molecular flexibility index (Phi) is 6.38. The van der Waals surface area contributed by atoms with Gasteiger partial charge in [0, 0.05) is 34.9 Å². The van der Waals surface area contributed by atoms with E-state index >= 15 is 0 Å². The molecule has 27 heavy (non-hydrogen) atoms. The van der Waals surface area contributed by atoms with Gasteiger partial charge in [-0.15, -0.1) is 0 Å². The van der Waals surface area contributed by atoms with Crippen LogP contribution in [0.5, 0.6) is 0 Å². The van der Waals surface area contributed by atoms with Crippen LogP contribution in [-0.2, 0) is 16.0 Å². The second kappa shape index (κ2) is 9.14. The Hall–Kier alpha value is -2.93. The number of carbonyl (C=O) groups is 2. The van der Waals surface area contributed by atoms with Gasteiger partial charge < -0.3 is 14.6 Å². The molecule has 2 aromatic heterocycles. The highest BCUT2D eigenvalue weighted by Crippen LogP contribution is 2.11. The van der Waals surface area contributed by atoms with Gasteiger partial charge in [-0.05, 0) is 51.8 Å². The van der Waals surface area contributed by atoms with Gasteiger partial charge in [0.05, 0.1) is 18.5 Å². The van der Waals surface area contributed by atoms with Crippen LogP contribution in [0.4, 0.5) is 0 Å². The molecule has 1 amide bonds. The van der Waals surface area contributed by atoms with E-state index < -0.39 is 0 Å². The highest BCUT2D eigenvalue weighted by Gasteiger charge is 2.08. The van der Waals surface area contributed by atoms with Crippen molar-refractivity contribution >= 4 is 27.8 Å². The van der Waals surface area contributed by atoms with Crippen molar-refractivity contribution < 1.29 is 14.3 Å². The molecule has 0 aliphatic rings. The highest BCUT2D eigenvalue weighted by molar-refractivity contribution is 9.10. The van der Waals surface area contributed by atoms with E-state index in [1.807, 2.05) is 53.4 Å². The Labute approximate surface area is 165 Å². The van der Waals surface area contributed by atoms with Crippen LogP contribution in [-0.4, -0.2) is 34.6 Å². The van der Waals surface area contributed by atoms with Gasteiger partial charge in [-0.3, -0.25) is 14.6 Å². The molecule has 3 aromatic rings. The van der Waals surface area contributed by atoms with Crippen LogP contribution >= 0.6 is 15.9 Å². The molecule has 0 spiro atoms. The largest absolute Gasteiger partial charge is 0.464 e. The highest BCUT2D eigenvalue weighted by atomic mass is 79.9. The SMILES string of the molecule is O=C(Cc1ccc(-n2cccc2)cc1)OCCNC(=O)c1cncc(Br)c1. The molecule has 0 aliphatic carbocycles. The zero-order valence-corrected chi connectivity index (χ0v) is 16.1. The Morgan fingerprint density at radius 3 is 2.56 bits per heavy atom. The Balaban J connectivity index is 1.40. The summed E-state index contributed by atoms with van der Waals surface area (Å²) in [6.45, 7) is 0.358. The number of carbonyl (C=O) groups excluding carboxylic acids is 2. The van der Waals surface area contributed by atoms with Crippen molar-refractivity contribution in [1.82, 2.24) is 14.9 Å². The number of amides is 1. The van der Waals surface area contributed by atoms with E-state index in [0.29, 0.717) is 5.56 Å². The number of pyridine rings is 1. The fraction of sp³-hybridized carbons (Fsp3) is 0.150. The molecular formula is C20H18BrN3O3. The van der Waals surface area contributed by atoms with Crippen LogP contribution in [0.2, 0.25) is 0 Å². The first kappa shape index (κ1) is 18.8. The van der Waals surface area contributed by atoms with Crippen molar-refractivity contribution in [2.75, 3.05) is 13.2 Å². The molecule has 2 heterocycles. The summed E-state index contributed by atoms with van der Waals surface area (Å²) in [4.78, 5) is 27.8. The zero-order valence-electron chi connectivity index (χ0n) is 14.5. The fourth-order valence-corrected chi connectivity index (χ4v) is 2.84. The van der Waals surface area contributed by atoms with Crippen LogP contribution < -0.4 is 5.32 Å². The van der Waals surface area contributed by atoms with E-state index in [1.165, 1.54) is 6.20 Å². The Bertz CT molecular complexity index is 908. The molecule has 0 saturated carbocycles. The quantitative estimate of drug-likeness (QED) is 0.464. The van der Waals surface area contributed by atoms with Gasteiger partial charge in [0.2, 0.25) is 0 Å². The number of hydrogen-bond donors (Lipinski definition) is 1. The molecular weight excluding hydrogens is 410 g/mol. The first-order valence-electron chi connectivity index (χ1n) is 8.38. The van der Waals surface area contributed by atoms with Gasteiger partial charge in [0.15, 0.2) is 0 Å². The van der Waals surface area contributed by atoms with Crippen molar-refractivity contribution in [2.45, 2.75) is 6.42 Å². The van der Waals surface area contributed by atoms with Gasteiger partial charge in [-0.1, -0.05) is 12.1 Å². The average molecular weight is 428 g/mol. The standard InChI is InChI=1S/C20H18BrN3O3/c21-17-12-16(13-22-14-17)20(26)23-7-10-27-19(25)11-15-3-5-18(6-4-15)24-8-1-2-9-24/h1-6,8-9,12-14H,7,10-11H2,(H,23,26). The maximum absolute atomic E-state index is 11.9. The second-order valence-electron chi connectivity index (χ2n) is 5.80. The van der Waals surface area contributed by atoms with E-state index in [0.717, 1.165) is 15.7 Å². The van der Waals surface area contributed by atoms with E-state index in [1.54, 1.807) is 12.3 Å². The van der Waals surface area contributed by atoms with Gasteiger partial charge in [0.25, 0.3) is 5.91 Å².